The molecule has 0 saturated heterocycles. The summed E-state index contributed by atoms with van der Waals surface area (Å²) in [5.74, 6) is 0.395. The molecule has 4 heteroatoms. The number of nitrogens with zero attached hydrogens (tertiary/aromatic N) is 1. The van der Waals surface area contributed by atoms with Crippen molar-refractivity contribution in [3.05, 3.63) is 72.3 Å². The number of para-hydroxylation sites is 1. The van der Waals surface area contributed by atoms with Gasteiger partial charge in [0.2, 0.25) is 0 Å². The largest absolute Gasteiger partial charge is 0.483 e. The second-order valence-corrected chi connectivity index (χ2v) is 4.63. The van der Waals surface area contributed by atoms with E-state index >= 15 is 0 Å². The summed E-state index contributed by atoms with van der Waals surface area (Å²) < 4.78 is 5.56. The zero-order valence-corrected chi connectivity index (χ0v) is 12.1. The van der Waals surface area contributed by atoms with Gasteiger partial charge in [0.15, 0.2) is 6.61 Å². The quantitative estimate of drug-likeness (QED) is 0.831. The highest BCUT2D eigenvalue weighted by molar-refractivity contribution is 5.92. The first-order valence-corrected chi connectivity index (χ1v) is 6.84. The van der Waals surface area contributed by atoms with Crippen molar-refractivity contribution in [2.75, 3.05) is 11.9 Å². The number of nitriles is 1. The Bertz CT molecular complexity index is 717. The maximum atomic E-state index is 11.9. The number of amides is 1. The lowest BCUT2D eigenvalue weighted by Gasteiger charge is -2.10. The minimum Gasteiger partial charge on any atom is -0.483 e. The van der Waals surface area contributed by atoms with Crippen molar-refractivity contribution in [2.45, 2.75) is 6.42 Å². The molecule has 0 aliphatic rings. The molecular weight excluding hydrogens is 276 g/mol. The molecule has 0 radical (unpaired) electrons. The Balaban J connectivity index is 1.95. The molecular formula is C18H16N2O2. The lowest BCUT2D eigenvalue weighted by Crippen LogP contribution is -2.20. The van der Waals surface area contributed by atoms with Crippen molar-refractivity contribution in [1.82, 2.24) is 0 Å². The molecule has 4 nitrogen and oxygen atoms in total. The molecule has 2 aromatic carbocycles. The Hall–Kier alpha value is -3.06. The van der Waals surface area contributed by atoms with Crippen LogP contribution in [0.1, 0.15) is 11.1 Å². The van der Waals surface area contributed by atoms with Gasteiger partial charge in [-0.2, -0.15) is 5.26 Å². The monoisotopic (exact) mass is 292 g/mol. The Morgan fingerprint density at radius 1 is 1.27 bits per heavy atom. The first-order chi connectivity index (χ1) is 10.7. The van der Waals surface area contributed by atoms with Gasteiger partial charge in [0.25, 0.3) is 5.91 Å². The highest BCUT2D eigenvalue weighted by atomic mass is 16.5. The third-order valence-electron chi connectivity index (χ3n) is 2.97. The van der Waals surface area contributed by atoms with E-state index in [4.69, 9.17) is 10.00 Å². The molecule has 0 atom stereocenters. The summed E-state index contributed by atoms with van der Waals surface area (Å²) in [6.45, 7) is 3.61. The number of hydrogen-bond acceptors (Lipinski definition) is 3. The van der Waals surface area contributed by atoms with Gasteiger partial charge in [-0.25, -0.2) is 0 Å². The van der Waals surface area contributed by atoms with Crippen molar-refractivity contribution in [3.63, 3.8) is 0 Å². The minimum absolute atomic E-state index is 0.0923. The van der Waals surface area contributed by atoms with Gasteiger partial charge in [0.05, 0.1) is 11.6 Å². The van der Waals surface area contributed by atoms with E-state index in [-0.39, 0.29) is 12.5 Å². The van der Waals surface area contributed by atoms with Crippen LogP contribution in [0.5, 0.6) is 5.75 Å². The van der Waals surface area contributed by atoms with Crippen LogP contribution in [0.15, 0.2) is 61.2 Å². The molecule has 2 rings (SSSR count). The normalized spacial score (nSPS) is 9.59. The fraction of sp³-hybridized carbons (Fsp3) is 0.111. The maximum absolute atomic E-state index is 11.9. The predicted molar refractivity (Wildman–Crippen MR) is 85.6 cm³/mol. The molecule has 0 unspecified atom stereocenters. The van der Waals surface area contributed by atoms with Crippen molar-refractivity contribution < 1.29 is 9.53 Å². The van der Waals surface area contributed by atoms with E-state index in [2.05, 4.69) is 11.9 Å². The standard InChI is InChI=1S/C18H16N2O2/c1-2-6-15-8-3-4-10-17(15)22-13-18(21)20-16-9-5-7-14(11-16)12-19/h2-5,7-11H,1,6,13H2,(H,20,21). The number of anilines is 1. The second-order valence-electron chi connectivity index (χ2n) is 4.63. The van der Waals surface area contributed by atoms with Crippen molar-refractivity contribution >= 4 is 11.6 Å². The molecule has 0 spiro atoms. The van der Waals surface area contributed by atoms with E-state index in [0.717, 1.165) is 5.56 Å². The number of allylic oxidation sites excluding steroid dienone is 1. The molecule has 1 N–H and O–H groups in total. The summed E-state index contributed by atoms with van der Waals surface area (Å²) in [7, 11) is 0. The predicted octanol–water partition coefficient (Wildman–Crippen LogP) is 3.30. The van der Waals surface area contributed by atoms with Gasteiger partial charge in [-0.3, -0.25) is 4.79 Å². The first kappa shape index (κ1) is 15.3. The van der Waals surface area contributed by atoms with E-state index < -0.39 is 0 Å². The fourth-order valence-electron chi connectivity index (χ4n) is 1.98. The molecule has 0 saturated carbocycles. The molecule has 22 heavy (non-hydrogen) atoms. The third kappa shape index (κ3) is 4.22. The molecule has 0 fully saturated rings. The highest BCUT2D eigenvalue weighted by Gasteiger charge is 2.06. The topological polar surface area (TPSA) is 62.1 Å². The van der Waals surface area contributed by atoms with Crippen molar-refractivity contribution in [3.8, 4) is 11.8 Å². The molecule has 2 aromatic rings. The zero-order chi connectivity index (χ0) is 15.8. The number of carbonyl (C=O) groups is 1. The first-order valence-electron chi connectivity index (χ1n) is 6.84. The van der Waals surface area contributed by atoms with E-state index in [1.54, 1.807) is 30.3 Å². The number of benzene rings is 2. The summed E-state index contributed by atoms with van der Waals surface area (Å²) in [5, 5.41) is 11.5. The summed E-state index contributed by atoms with van der Waals surface area (Å²) in [6.07, 6.45) is 2.47. The Kier molecular flexibility index (Phi) is 5.33. The Morgan fingerprint density at radius 2 is 2.09 bits per heavy atom. The van der Waals surface area contributed by atoms with E-state index in [1.807, 2.05) is 30.3 Å². The average Bonchev–Trinajstić information content (AvgIpc) is 2.54. The van der Waals surface area contributed by atoms with Crippen LogP contribution in [-0.2, 0) is 11.2 Å². The second kappa shape index (κ2) is 7.65. The Morgan fingerprint density at radius 3 is 2.86 bits per heavy atom. The van der Waals surface area contributed by atoms with Crippen molar-refractivity contribution in [2.24, 2.45) is 0 Å². The smallest absolute Gasteiger partial charge is 0.262 e. The highest BCUT2D eigenvalue weighted by Crippen LogP contribution is 2.18. The third-order valence-corrected chi connectivity index (χ3v) is 2.97. The summed E-state index contributed by atoms with van der Waals surface area (Å²) >= 11 is 0. The number of ether oxygens (including phenoxy) is 1. The molecule has 0 bridgehead atoms. The number of carbonyl (C=O) groups excluding carboxylic acids is 1. The lowest BCUT2D eigenvalue weighted by molar-refractivity contribution is -0.118. The minimum atomic E-state index is -0.275. The molecule has 110 valence electrons. The van der Waals surface area contributed by atoms with E-state index in [1.165, 1.54) is 0 Å². The van der Waals surface area contributed by atoms with E-state index in [0.29, 0.717) is 23.4 Å². The zero-order valence-electron chi connectivity index (χ0n) is 12.1. The van der Waals surface area contributed by atoms with E-state index in [9.17, 15) is 4.79 Å². The molecule has 0 heterocycles. The van der Waals surface area contributed by atoms with Crippen LogP contribution in [0.2, 0.25) is 0 Å². The van der Waals surface area contributed by atoms with Crippen LogP contribution >= 0.6 is 0 Å². The van der Waals surface area contributed by atoms with Crippen LogP contribution in [0.4, 0.5) is 5.69 Å². The van der Waals surface area contributed by atoms with Crippen molar-refractivity contribution in [1.29, 1.82) is 5.26 Å². The molecule has 0 aliphatic heterocycles. The number of hydrogen-bond donors (Lipinski definition) is 1. The number of rotatable bonds is 6. The van der Waals surface area contributed by atoms with Gasteiger partial charge in [-0.1, -0.05) is 30.3 Å². The van der Waals surface area contributed by atoms with Crippen LogP contribution in [0.25, 0.3) is 0 Å². The maximum Gasteiger partial charge on any atom is 0.262 e. The van der Waals surface area contributed by atoms with Gasteiger partial charge in [-0.15, -0.1) is 6.58 Å². The SMILES string of the molecule is C=CCc1ccccc1OCC(=O)Nc1cccc(C#N)c1. The summed E-state index contributed by atoms with van der Waals surface area (Å²) in [4.78, 5) is 11.9. The van der Waals surface area contributed by atoms with Crippen LogP contribution in [0.3, 0.4) is 0 Å². The van der Waals surface area contributed by atoms with Gasteiger partial charge in [0, 0.05) is 5.69 Å². The molecule has 1 amide bonds. The van der Waals surface area contributed by atoms with Crippen LogP contribution in [-0.4, -0.2) is 12.5 Å². The lowest BCUT2D eigenvalue weighted by atomic mass is 10.1. The van der Waals surface area contributed by atoms with Gasteiger partial charge < -0.3 is 10.1 Å². The van der Waals surface area contributed by atoms with Gasteiger partial charge in [0.1, 0.15) is 5.75 Å². The number of nitrogens with one attached hydrogen (secondary N) is 1. The Labute approximate surface area is 129 Å². The van der Waals surface area contributed by atoms with Gasteiger partial charge in [-0.05, 0) is 36.2 Å². The van der Waals surface area contributed by atoms with Crippen LogP contribution < -0.4 is 10.1 Å². The van der Waals surface area contributed by atoms with Crippen LogP contribution in [0, 0.1) is 11.3 Å². The summed E-state index contributed by atoms with van der Waals surface area (Å²) in [5.41, 5.74) is 2.05. The van der Waals surface area contributed by atoms with Gasteiger partial charge >= 0.3 is 0 Å². The molecule has 0 aliphatic carbocycles. The fourth-order valence-corrected chi connectivity index (χ4v) is 1.98. The summed E-state index contributed by atoms with van der Waals surface area (Å²) in [6, 6.07) is 16.3. The average molecular weight is 292 g/mol. The molecule has 0 aromatic heterocycles.